The molecule has 1 fully saturated rings. The van der Waals surface area contributed by atoms with Gasteiger partial charge >= 0.3 is 5.97 Å². The Morgan fingerprint density at radius 2 is 1.84 bits per heavy atom. The number of aliphatic carboxylic acids is 1. The van der Waals surface area contributed by atoms with Gasteiger partial charge in [-0.05, 0) is 41.7 Å². The number of carbonyl (C=O) groups is 3. The first-order valence-corrected chi connectivity index (χ1v) is 15.1. The van der Waals surface area contributed by atoms with Crippen molar-refractivity contribution in [2.45, 2.75) is 62.9 Å². The van der Waals surface area contributed by atoms with E-state index in [1.165, 1.54) is 6.92 Å². The van der Waals surface area contributed by atoms with Crippen molar-refractivity contribution < 1.29 is 49.0 Å². The lowest BCUT2D eigenvalue weighted by atomic mass is 9.88. The van der Waals surface area contributed by atoms with Gasteiger partial charge in [0.25, 0.3) is 11.7 Å². The van der Waals surface area contributed by atoms with Crippen LogP contribution in [0.15, 0.2) is 48.5 Å². The van der Waals surface area contributed by atoms with E-state index in [-0.39, 0.29) is 6.61 Å². The fraction of sp³-hybridized carbons (Fsp3) is 0.500. The summed E-state index contributed by atoms with van der Waals surface area (Å²) in [6.45, 7) is 2.75. The van der Waals surface area contributed by atoms with Gasteiger partial charge in [0.1, 0.15) is 18.0 Å². The number of aliphatic hydroxyl groups is 3. The van der Waals surface area contributed by atoms with E-state index < -0.39 is 67.0 Å². The largest absolute Gasteiger partial charge is 0.496 e. The number of thioether (sulfide) groups is 1. The number of methoxy groups -OCH3 is 1. The molecule has 0 spiro atoms. The fourth-order valence-electron chi connectivity index (χ4n) is 4.82. The Kier molecular flexibility index (Phi) is 12.8. The predicted octanol–water partition coefficient (Wildman–Crippen LogP) is 1.41. The lowest BCUT2D eigenvalue weighted by Gasteiger charge is -2.46. The molecule has 12 nitrogen and oxygen atoms in total. The maximum Gasteiger partial charge on any atom is 0.364 e. The van der Waals surface area contributed by atoms with Gasteiger partial charge in [-0.3, -0.25) is 9.59 Å². The van der Waals surface area contributed by atoms with E-state index in [0.29, 0.717) is 17.7 Å². The van der Waals surface area contributed by atoms with Crippen LogP contribution in [0.25, 0.3) is 11.1 Å². The molecule has 1 saturated heterocycles. The molecule has 2 aromatic rings. The SMILES string of the molecule is CCSCCCO[C@]1(C(=O)O)CC(O)[C@@H](NC(C)=O)C(C(O)[C@H](O)CNC(=O)c2ccc(-c3ccccc3OC)cc2)O1. The molecule has 6 N–H and O–H groups in total. The van der Waals surface area contributed by atoms with E-state index in [9.17, 15) is 34.8 Å². The Hall–Kier alpha value is -3.20. The molecule has 2 aromatic carbocycles. The van der Waals surface area contributed by atoms with Crippen molar-refractivity contribution in [3.8, 4) is 16.9 Å². The Bertz CT molecular complexity index is 1230. The number of ether oxygens (including phenoxy) is 3. The summed E-state index contributed by atoms with van der Waals surface area (Å²) in [6.07, 6.45) is -6.55. The van der Waals surface area contributed by atoms with Crippen molar-refractivity contribution in [3.63, 3.8) is 0 Å². The number of amides is 2. The molecule has 0 aromatic heterocycles. The van der Waals surface area contributed by atoms with E-state index >= 15 is 0 Å². The van der Waals surface area contributed by atoms with Gasteiger partial charge in [0, 0.05) is 31.0 Å². The number of rotatable bonds is 15. The van der Waals surface area contributed by atoms with Gasteiger partial charge in [-0.1, -0.05) is 37.3 Å². The van der Waals surface area contributed by atoms with Crippen LogP contribution >= 0.6 is 11.8 Å². The second-order valence-electron chi connectivity index (χ2n) is 10.1. The molecule has 0 saturated carbocycles. The van der Waals surface area contributed by atoms with Gasteiger partial charge in [0.05, 0.1) is 32.0 Å². The number of hydrogen-bond donors (Lipinski definition) is 6. The van der Waals surface area contributed by atoms with Gasteiger partial charge in [-0.15, -0.1) is 0 Å². The third-order valence-corrected chi connectivity index (χ3v) is 7.99. The summed E-state index contributed by atoms with van der Waals surface area (Å²) < 4.78 is 16.7. The second kappa shape index (κ2) is 16.0. The lowest BCUT2D eigenvalue weighted by Crippen LogP contribution is -2.68. The highest BCUT2D eigenvalue weighted by molar-refractivity contribution is 7.99. The quantitative estimate of drug-likeness (QED) is 0.158. The van der Waals surface area contributed by atoms with Crippen molar-refractivity contribution in [2.75, 3.05) is 31.8 Å². The predicted molar refractivity (Wildman–Crippen MR) is 160 cm³/mol. The zero-order valence-electron chi connectivity index (χ0n) is 24.4. The number of benzene rings is 2. The zero-order valence-corrected chi connectivity index (χ0v) is 25.2. The summed E-state index contributed by atoms with van der Waals surface area (Å²) >= 11 is 1.65. The Morgan fingerprint density at radius 3 is 2.47 bits per heavy atom. The van der Waals surface area contributed by atoms with E-state index in [1.54, 1.807) is 43.1 Å². The monoisotopic (exact) mass is 620 g/mol. The molecule has 1 heterocycles. The molecule has 236 valence electrons. The average Bonchev–Trinajstić information content (AvgIpc) is 3.00. The Morgan fingerprint density at radius 1 is 1.14 bits per heavy atom. The number of aliphatic hydroxyl groups excluding tert-OH is 3. The molecule has 3 unspecified atom stereocenters. The van der Waals surface area contributed by atoms with Gasteiger partial charge in [-0.25, -0.2) is 4.79 Å². The second-order valence-corrected chi connectivity index (χ2v) is 11.5. The highest BCUT2D eigenvalue weighted by Gasteiger charge is 2.55. The topological polar surface area (TPSA) is 184 Å². The maximum absolute atomic E-state index is 12.8. The summed E-state index contributed by atoms with van der Waals surface area (Å²) in [7, 11) is 1.57. The minimum Gasteiger partial charge on any atom is -0.496 e. The third kappa shape index (κ3) is 8.91. The van der Waals surface area contributed by atoms with Crippen LogP contribution in [0.4, 0.5) is 0 Å². The first kappa shape index (κ1) is 34.3. The smallest absolute Gasteiger partial charge is 0.364 e. The first-order valence-electron chi connectivity index (χ1n) is 14.0. The average molecular weight is 621 g/mol. The molecule has 0 aliphatic carbocycles. The molecule has 3 rings (SSSR count). The van der Waals surface area contributed by atoms with Gasteiger partial charge in [-0.2, -0.15) is 11.8 Å². The summed E-state index contributed by atoms with van der Waals surface area (Å²) in [4.78, 5) is 36.9. The van der Waals surface area contributed by atoms with Gasteiger partial charge < -0.3 is 45.3 Å². The van der Waals surface area contributed by atoms with Crippen LogP contribution in [0.2, 0.25) is 0 Å². The van der Waals surface area contributed by atoms with Crippen molar-refractivity contribution in [3.05, 3.63) is 54.1 Å². The van der Waals surface area contributed by atoms with E-state index in [0.717, 1.165) is 22.6 Å². The zero-order chi connectivity index (χ0) is 31.6. The van der Waals surface area contributed by atoms with Gasteiger partial charge in [0.2, 0.25) is 5.91 Å². The molecule has 1 aliphatic rings. The van der Waals surface area contributed by atoms with Crippen molar-refractivity contribution >= 4 is 29.5 Å². The molecule has 1 aliphatic heterocycles. The van der Waals surface area contributed by atoms with Crippen LogP contribution in [-0.4, -0.2) is 106 Å². The van der Waals surface area contributed by atoms with E-state index in [2.05, 4.69) is 10.6 Å². The molecule has 43 heavy (non-hydrogen) atoms. The third-order valence-electron chi connectivity index (χ3n) is 7.01. The lowest BCUT2D eigenvalue weighted by molar-refractivity contribution is -0.310. The Labute approximate surface area is 254 Å². The highest BCUT2D eigenvalue weighted by Crippen LogP contribution is 2.34. The van der Waals surface area contributed by atoms with Gasteiger partial charge in [0.15, 0.2) is 0 Å². The van der Waals surface area contributed by atoms with Crippen LogP contribution < -0.4 is 15.4 Å². The number of carboxylic acids is 1. The van der Waals surface area contributed by atoms with Crippen LogP contribution in [0.5, 0.6) is 5.75 Å². The summed E-state index contributed by atoms with van der Waals surface area (Å²) in [5, 5.41) is 47.6. The first-order chi connectivity index (χ1) is 20.5. The molecular formula is C30H40N2O10S. The number of carboxylic acid groups (broad SMARTS) is 1. The number of hydrogen-bond acceptors (Lipinski definition) is 10. The fourth-order valence-corrected chi connectivity index (χ4v) is 5.43. The van der Waals surface area contributed by atoms with Crippen molar-refractivity contribution in [1.29, 1.82) is 0 Å². The minimum absolute atomic E-state index is 0.00803. The summed E-state index contributed by atoms with van der Waals surface area (Å²) in [5.74, 6) is -2.66. The molecule has 0 radical (unpaired) electrons. The number of nitrogens with one attached hydrogen (secondary N) is 2. The summed E-state index contributed by atoms with van der Waals surface area (Å²) in [6, 6.07) is 12.9. The highest BCUT2D eigenvalue weighted by atomic mass is 32.2. The van der Waals surface area contributed by atoms with Crippen LogP contribution in [0.3, 0.4) is 0 Å². The molecular weight excluding hydrogens is 580 g/mol. The van der Waals surface area contributed by atoms with Crippen molar-refractivity contribution in [2.24, 2.45) is 0 Å². The number of para-hydroxylation sites is 1. The van der Waals surface area contributed by atoms with Crippen LogP contribution in [0, 0.1) is 0 Å². The molecule has 13 heteroatoms. The number of carbonyl (C=O) groups excluding carboxylic acids is 2. The molecule has 0 bridgehead atoms. The standard InChI is InChI=1S/C30H40N2O10S/c1-4-43-15-7-14-41-30(29(38)39)16-22(34)25(32-18(2)33)27(42-30)26(36)23(35)17-31-28(37)20-12-10-19(11-13-20)21-8-5-6-9-24(21)40-3/h5-6,8-13,22-23,25-27,34-36H,4,7,14-17H2,1-3H3,(H,31,37)(H,32,33)(H,38,39)/t22?,23-,25-,26?,27?,30-/m1/s1. The molecule has 6 atom stereocenters. The van der Waals surface area contributed by atoms with E-state index in [4.69, 9.17) is 14.2 Å². The van der Waals surface area contributed by atoms with E-state index in [1.807, 2.05) is 31.2 Å². The van der Waals surface area contributed by atoms with Crippen LogP contribution in [0.1, 0.15) is 37.0 Å². The maximum atomic E-state index is 12.8. The van der Waals surface area contributed by atoms with Crippen molar-refractivity contribution in [1.82, 2.24) is 10.6 Å². The normalized spacial score (nSPS) is 23.2. The Balaban J connectivity index is 1.70. The van der Waals surface area contributed by atoms with Crippen LogP contribution in [-0.2, 0) is 19.1 Å². The molecule has 2 amide bonds. The minimum atomic E-state index is -2.32. The summed E-state index contributed by atoms with van der Waals surface area (Å²) in [5.41, 5.74) is 1.97.